The zero-order chi connectivity index (χ0) is 18.9. The van der Waals surface area contributed by atoms with Crippen LogP contribution in [0.2, 0.25) is 0 Å². The summed E-state index contributed by atoms with van der Waals surface area (Å²) in [6.45, 7) is 10.6. The van der Waals surface area contributed by atoms with Crippen LogP contribution >= 0.6 is 0 Å². The summed E-state index contributed by atoms with van der Waals surface area (Å²) in [5.74, 6) is 1.02. The first-order valence-corrected chi connectivity index (χ1v) is 9.90. The minimum absolute atomic E-state index is 0.0904. The topological polar surface area (TPSA) is 57.3 Å². The number of rotatable bonds is 8. The standard InChI is InChI=1S/C20H32N4O3/c1-21-20(25)17-24-8-6-23(7-9-24)16-18-2-4-19(5-3-18)27-15-12-22-10-13-26-14-11-22/h2-5H,6-17H2,1H3,(H,21,25). The van der Waals surface area contributed by atoms with Crippen molar-refractivity contribution in [3.8, 4) is 5.75 Å². The lowest BCUT2D eigenvalue weighted by atomic mass is 10.2. The van der Waals surface area contributed by atoms with E-state index in [1.807, 2.05) is 0 Å². The van der Waals surface area contributed by atoms with Gasteiger partial charge in [0.1, 0.15) is 12.4 Å². The van der Waals surface area contributed by atoms with Crippen LogP contribution in [-0.4, -0.2) is 99.8 Å². The van der Waals surface area contributed by atoms with E-state index >= 15 is 0 Å². The molecular formula is C20H32N4O3. The number of benzene rings is 1. The Morgan fingerprint density at radius 1 is 1.00 bits per heavy atom. The molecule has 2 aliphatic rings. The van der Waals surface area contributed by atoms with Gasteiger partial charge in [-0.25, -0.2) is 0 Å². The van der Waals surface area contributed by atoms with E-state index in [4.69, 9.17) is 9.47 Å². The molecule has 1 aromatic carbocycles. The number of nitrogens with zero attached hydrogens (tertiary/aromatic N) is 3. The zero-order valence-corrected chi connectivity index (χ0v) is 16.4. The van der Waals surface area contributed by atoms with Crippen LogP contribution in [0, 0.1) is 0 Å². The number of likely N-dealkylation sites (N-methyl/N-ethyl adjacent to an activating group) is 1. The maximum Gasteiger partial charge on any atom is 0.233 e. The first kappa shape index (κ1) is 20.1. The lowest BCUT2D eigenvalue weighted by molar-refractivity contribution is -0.122. The van der Waals surface area contributed by atoms with E-state index in [0.717, 1.165) is 71.3 Å². The smallest absolute Gasteiger partial charge is 0.233 e. The monoisotopic (exact) mass is 376 g/mol. The van der Waals surface area contributed by atoms with Gasteiger partial charge in [0, 0.05) is 59.4 Å². The third-order valence-corrected chi connectivity index (χ3v) is 5.22. The van der Waals surface area contributed by atoms with E-state index in [1.54, 1.807) is 7.05 Å². The van der Waals surface area contributed by atoms with Crippen molar-refractivity contribution in [2.45, 2.75) is 6.54 Å². The molecule has 0 atom stereocenters. The van der Waals surface area contributed by atoms with Crippen molar-refractivity contribution in [1.82, 2.24) is 20.0 Å². The maximum atomic E-state index is 11.5. The van der Waals surface area contributed by atoms with Crippen LogP contribution in [0.4, 0.5) is 0 Å². The second-order valence-corrected chi connectivity index (χ2v) is 7.17. The second kappa shape index (κ2) is 10.6. The molecule has 2 fully saturated rings. The van der Waals surface area contributed by atoms with Gasteiger partial charge in [0.2, 0.25) is 5.91 Å². The summed E-state index contributed by atoms with van der Waals surface area (Å²) in [6.07, 6.45) is 0. The first-order chi connectivity index (χ1) is 13.2. The number of ether oxygens (including phenoxy) is 2. The van der Waals surface area contributed by atoms with Crippen LogP contribution in [-0.2, 0) is 16.1 Å². The number of carbonyl (C=O) groups excluding carboxylic acids is 1. The highest BCUT2D eigenvalue weighted by molar-refractivity contribution is 5.77. The van der Waals surface area contributed by atoms with Gasteiger partial charge in [-0.2, -0.15) is 0 Å². The van der Waals surface area contributed by atoms with E-state index in [1.165, 1.54) is 5.56 Å². The summed E-state index contributed by atoms with van der Waals surface area (Å²) < 4.78 is 11.2. The van der Waals surface area contributed by atoms with Gasteiger partial charge in [-0.05, 0) is 17.7 Å². The minimum Gasteiger partial charge on any atom is -0.492 e. The van der Waals surface area contributed by atoms with Crippen LogP contribution in [0.5, 0.6) is 5.75 Å². The fraction of sp³-hybridized carbons (Fsp3) is 0.650. The average Bonchev–Trinajstić information content (AvgIpc) is 2.71. The maximum absolute atomic E-state index is 11.5. The largest absolute Gasteiger partial charge is 0.492 e. The third-order valence-electron chi connectivity index (χ3n) is 5.22. The Labute approximate surface area is 162 Å². The molecule has 2 saturated heterocycles. The molecule has 1 aromatic rings. The molecule has 0 aliphatic carbocycles. The lowest BCUT2D eigenvalue weighted by Gasteiger charge is -2.34. The van der Waals surface area contributed by atoms with E-state index in [0.29, 0.717) is 13.2 Å². The van der Waals surface area contributed by atoms with Crippen molar-refractivity contribution in [2.75, 3.05) is 79.2 Å². The molecule has 0 spiro atoms. The Morgan fingerprint density at radius 3 is 2.33 bits per heavy atom. The van der Waals surface area contributed by atoms with Crippen molar-refractivity contribution < 1.29 is 14.3 Å². The molecule has 150 valence electrons. The molecule has 0 bridgehead atoms. The molecule has 3 rings (SSSR count). The third kappa shape index (κ3) is 6.77. The molecule has 1 N–H and O–H groups in total. The van der Waals surface area contributed by atoms with Gasteiger partial charge < -0.3 is 14.8 Å². The van der Waals surface area contributed by atoms with Crippen LogP contribution < -0.4 is 10.1 Å². The molecule has 7 nitrogen and oxygen atoms in total. The van der Waals surface area contributed by atoms with Gasteiger partial charge in [0.15, 0.2) is 0 Å². The Kier molecular flexibility index (Phi) is 7.89. The highest BCUT2D eigenvalue weighted by Gasteiger charge is 2.18. The molecule has 2 aliphatic heterocycles. The minimum atomic E-state index is 0.0904. The summed E-state index contributed by atoms with van der Waals surface area (Å²) in [5.41, 5.74) is 1.30. The second-order valence-electron chi connectivity index (χ2n) is 7.17. The molecule has 7 heteroatoms. The molecular weight excluding hydrogens is 344 g/mol. The van der Waals surface area contributed by atoms with Crippen LogP contribution in [0.25, 0.3) is 0 Å². The van der Waals surface area contributed by atoms with Crippen molar-refractivity contribution >= 4 is 5.91 Å². The van der Waals surface area contributed by atoms with Gasteiger partial charge in [-0.3, -0.25) is 19.5 Å². The van der Waals surface area contributed by atoms with Crippen molar-refractivity contribution in [3.05, 3.63) is 29.8 Å². The Bertz CT molecular complexity index is 567. The van der Waals surface area contributed by atoms with Gasteiger partial charge in [-0.15, -0.1) is 0 Å². The van der Waals surface area contributed by atoms with Crippen molar-refractivity contribution in [1.29, 1.82) is 0 Å². The highest BCUT2D eigenvalue weighted by Crippen LogP contribution is 2.15. The van der Waals surface area contributed by atoms with E-state index in [-0.39, 0.29) is 5.91 Å². The van der Waals surface area contributed by atoms with Crippen LogP contribution in [0.15, 0.2) is 24.3 Å². The molecule has 0 radical (unpaired) electrons. The van der Waals surface area contributed by atoms with Gasteiger partial charge in [-0.1, -0.05) is 12.1 Å². The number of carbonyl (C=O) groups is 1. The number of nitrogens with one attached hydrogen (secondary N) is 1. The van der Waals surface area contributed by atoms with Gasteiger partial charge in [0.25, 0.3) is 0 Å². The van der Waals surface area contributed by atoms with Gasteiger partial charge >= 0.3 is 0 Å². The summed E-state index contributed by atoms with van der Waals surface area (Å²) in [5, 5.41) is 2.69. The van der Waals surface area contributed by atoms with Crippen molar-refractivity contribution in [3.63, 3.8) is 0 Å². The van der Waals surface area contributed by atoms with Crippen molar-refractivity contribution in [2.24, 2.45) is 0 Å². The van der Waals surface area contributed by atoms with Crippen LogP contribution in [0.1, 0.15) is 5.56 Å². The summed E-state index contributed by atoms with van der Waals surface area (Å²) in [7, 11) is 1.69. The van der Waals surface area contributed by atoms with Crippen LogP contribution in [0.3, 0.4) is 0 Å². The molecule has 27 heavy (non-hydrogen) atoms. The Morgan fingerprint density at radius 2 is 1.67 bits per heavy atom. The highest BCUT2D eigenvalue weighted by atomic mass is 16.5. The number of morpholine rings is 1. The quantitative estimate of drug-likeness (QED) is 0.703. The molecule has 2 heterocycles. The number of amides is 1. The number of piperazine rings is 1. The normalized spacial score (nSPS) is 19.7. The summed E-state index contributed by atoms with van der Waals surface area (Å²) >= 11 is 0. The van der Waals surface area contributed by atoms with E-state index in [9.17, 15) is 4.79 Å². The summed E-state index contributed by atoms with van der Waals surface area (Å²) in [6, 6.07) is 8.44. The SMILES string of the molecule is CNC(=O)CN1CCN(Cc2ccc(OCCN3CCOCC3)cc2)CC1. The Balaban J connectivity index is 1.35. The average molecular weight is 377 g/mol. The summed E-state index contributed by atoms with van der Waals surface area (Å²) in [4.78, 5) is 18.5. The Hall–Kier alpha value is -1.67. The van der Waals surface area contributed by atoms with E-state index in [2.05, 4.69) is 44.3 Å². The predicted octanol–water partition coefficient (Wildman–Crippen LogP) is 0.261. The fourth-order valence-electron chi connectivity index (χ4n) is 3.45. The lowest BCUT2D eigenvalue weighted by Crippen LogP contribution is -2.48. The zero-order valence-electron chi connectivity index (χ0n) is 16.4. The predicted molar refractivity (Wildman–Crippen MR) is 105 cm³/mol. The molecule has 0 unspecified atom stereocenters. The van der Waals surface area contributed by atoms with E-state index < -0.39 is 0 Å². The van der Waals surface area contributed by atoms with Gasteiger partial charge in [0.05, 0.1) is 19.8 Å². The molecule has 0 aromatic heterocycles. The molecule has 0 saturated carbocycles. The number of hydrogen-bond donors (Lipinski definition) is 1. The molecule has 1 amide bonds. The number of hydrogen-bond acceptors (Lipinski definition) is 6. The first-order valence-electron chi connectivity index (χ1n) is 9.90. The fourth-order valence-corrected chi connectivity index (χ4v) is 3.45.